The molecule has 0 aromatic carbocycles. The Bertz CT molecular complexity index is 516. The van der Waals surface area contributed by atoms with Crippen LogP contribution in [0.5, 0.6) is 5.88 Å². The lowest BCUT2D eigenvalue weighted by molar-refractivity contribution is 0.0980. The van der Waals surface area contributed by atoms with Crippen LogP contribution in [0.4, 0.5) is 9.59 Å². The Morgan fingerprint density at radius 2 is 2.14 bits per heavy atom. The SMILES string of the molecule is O=C1NCCN1C(=O)N1CCC(Oc2ccncn2)CC1. The van der Waals surface area contributed by atoms with E-state index in [4.69, 9.17) is 4.74 Å². The van der Waals surface area contributed by atoms with Crippen molar-refractivity contribution in [1.82, 2.24) is 25.1 Å². The molecule has 1 aromatic rings. The van der Waals surface area contributed by atoms with E-state index in [1.54, 1.807) is 17.2 Å². The van der Waals surface area contributed by atoms with Gasteiger partial charge < -0.3 is 15.0 Å². The number of hydrogen-bond acceptors (Lipinski definition) is 5. The lowest BCUT2D eigenvalue weighted by Gasteiger charge is -2.33. The largest absolute Gasteiger partial charge is 0.474 e. The number of piperidine rings is 1. The summed E-state index contributed by atoms with van der Waals surface area (Å²) >= 11 is 0. The quantitative estimate of drug-likeness (QED) is 0.855. The van der Waals surface area contributed by atoms with E-state index in [0.717, 1.165) is 12.8 Å². The minimum absolute atomic E-state index is 0.0383. The zero-order valence-electron chi connectivity index (χ0n) is 11.6. The van der Waals surface area contributed by atoms with Crippen molar-refractivity contribution < 1.29 is 14.3 Å². The summed E-state index contributed by atoms with van der Waals surface area (Å²) in [7, 11) is 0. The van der Waals surface area contributed by atoms with Gasteiger partial charge in [-0.05, 0) is 0 Å². The first-order chi connectivity index (χ1) is 10.2. The molecular formula is C13H17N5O3. The minimum Gasteiger partial charge on any atom is -0.474 e. The molecule has 8 heteroatoms. The zero-order chi connectivity index (χ0) is 14.7. The van der Waals surface area contributed by atoms with Gasteiger partial charge in [-0.15, -0.1) is 0 Å². The van der Waals surface area contributed by atoms with Gasteiger partial charge >= 0.3 is 12.1 Å². The second kappa shape index (κ2) is 5.94. The Labute approximate surface area is 122 Å². The van der Waals surface area contributed by atoms with Gasteiger partial charge in [-0.3, -0.25) is 0 Å². The number of carbonyl (C=O) groups is 2. The van der Waals surface area contributed by atoms with Crippen LogP contribution in [-0.2, 0) is 0 Å². The third kappa shape index (κ3) is 3.04. The number of nitrogens with zero attached hydrogens (tertiary/aromatic N) is 4. The molecule has 0 atom stereocenters. The van der Waals surface area contributed by atoms with Crippen molar-refractivity contribution in [2.45, 2.75) is 18.9 Å². The van der Waals surface area contributed by atoms with Gasteiger partial charge in [-0.2, -0.15) is 0 Å². The minimum atomic E-state index is -0.306. The van der Waals surface area contributed by atoms with E-state index < -0.39 is 0 Å². The molecule has 0 saturated carbocycles. The number of carbonyl (C=O) groups excluding carboxylic acids is 2. The van der Waals surface area contributed by atoms with Gasteiger partial charge in [0, 0.05) is 51.3 Å². The standard InChI is InChI=1S/C13H17N5O3/c19-12-15-5-8-18(12)13(20)17-6-2-10(3-7-17)21-11-1-4-14-9-16-11/h1,4,9-10H,2-3,5-8H2,(H,15,19). The fourth-order valence-corrected chi connectivity index (χ4v) is 2.51. The average Bonchev–Trinajstić information content (AvgIpc) is 2.94. The van der Waals surface area contributed by atoms with E-state index in [-0.39, 0.29) is 18.2 Å². The molecular weight excluding hydrogens is 274 g/mol. The van der Waals surface area contributed by atoms with Gasteiger partial charge in [0.05, 0.1) is 0 Å². The number of aromatic nitrogens is 2. The fourth-order valence-electron chi connectivity index (χ4n) is 2.51. The van der Waals surface area contributed by atoms with Crippen LogP contribution in [0.1, 0.15) is 12.8 Å². The molecule has 2 aliphatic rings. The average molecular weight is 291 g/mol. The monoisotopic (exact) mass is 291 g/mol. The summed E-state index contributed by atoms with van der Waals surface area (Å²) in [5.41, 5.74) is 0. The molecule has 1 N–H and O–H groups in total. The maximum absolute atomic E-state index is 12.2. The smallest absolute Gasteiger partial charge is 0.328 e. The van der Waals surface area contributed by atoms with Crippen molar-refractivity contribution in [2.75, 3.05) is 26.2 Å². The summed E-state index contributed by atoms with van der Waals surface area (Å²) in [6.07, 6.45) is 4.57. The summed E-state index contributed by atoms with van der Waals surface area (Å²) < 4.78 is 5.75. The van der Waals surface area contributed by atoms with Crippen molar-refractivity contribution in [1.29, 1.82) is 0 Å². The molecule has 0 aliphatic carbocycles. The second-order valence-electron chi connectivity index (χ2n) is 5.02. The zero-order valence-corrected chi connectivity index (χ0v) is 11.6. The third-order valence-corrected chi connectivity index (χ3v) is 3.64. The van der Waals surface area contributed by atoms with Gasteiger partial charge in [-0.25, -0.2) is 24.5 Å². The molecule has 0 spiro atoms. The van der Waals surface area contributed by atoms with E-state index >= 15 is 0 Å². The number of imide groups is 1. The van der Waals surface area contributed by atoms with E-state index in [9.17, 15) is 9.59 Å². The Hall–Kier alpha value is -2.38. The number of urea groups is 2. The lowest BCUT2D eigenvalue weighted by Crippen LogP contribution is -2.49. The molecule has 4 amide bonds. The highest BCUT2D eigenvalue weighted by atomic mass is 16.5. The van der Waals surface area contributed by atoms with Crippen LogP contribution < -0.4 is 10.1 Å². The van der Waals surface area contributed by atoms with Crippen molar-refractivity contribution in [3.05, 3.63) is 18.6 Å². The molecule has 0 unspecified atom stereocenters. The summed E-state index contributed by atoms with van der Waals surface area (Å²) in [4.78, 5) is 34.5. The fraction of sp³-hybridized carbons (Fsp3) is 0.538. The maximum atomic E-state index is 12.2. The highest BCUT2D eigenvalue weighted by molar-refractivity contribution is 5.94. The van der Waals surface area contributed by atoms with Crippen molar-refractivity contribution in [2.24, 2.45) is 0 Å². The molecule has 0 bridgehead atoms. The molecule has 0 radical (unpaired) electrons. The second-order valence-corrected chi connectivity index (χ2v) is 5.02. The van der Waals surface area contributed by atoms with E-state index in [2.05, 4.69) is 15.3 Å². The van der Waals surface area contributed by atoms with Gasteiger partial charge in [0.15, 0.2) is 0 Å². The number of ether oxygens (including phenoxy) is 1. The van der Waals surface area contributed by atoms with Gasteiger partial charge in [0.1, 0.15) is 12.4 Å². The molecule has 2 aliphatic heterocycles. The van der Waals surface area contributed by atoms with Crippen LogP contribution >= 0.6 is 0 Å². The molecule has 1 aromatic heterocycles. The molecule has 112 valence electrons. The summed E-state index contributed by atoms with van der Waals surface area (Å²) in [6.45, 7) is 2.13. The first kappa shape index (κ1) is 13.6. The van der Waals surface area contributed by atoms with Crippen molar-refractivity contribution in [3.63, 3.8) is 0 Å². The van der Waals surface area contributed by atoms with Crippen LogP contribution in [0.2, 0.25) is 0 Å². The molecule has 2 saturated heterocycles. The molecule has 21 heavy (non-hydrogen) atoms. The Morgan fingerprint density at radius 3 is 2.76 bits per heavy atom. The lowest BCUT2D eigenvalue weighted by atomic mass is 10.1. The predicted molar refractivity (Wildman–Crippen MR) is 72.8 cm³/mol. The number of hydrogen-bond donors (Lipinski definition) is 1. The number of rotatable bonds is 2. The Morgan fingerprint density at radius 1 is 1.33 bits per heavy atom. The Kier molecular flexibility index (Phi) is 3.85. The van der Waals surface area contributed by atoms with Gasteiger partial charge in [0.2, 0.25) is 5.88 Å². The normalized spacial score (nSPS) is 19.5. The van der Waals surface area contributed by atoms with E-state index in [1.807, 2.05) is 0 Å². The summed E-state index contributed by atoms with van der Waals surface area (Å²) in [5.74, 6) is 0.550. The van der Waals surface area contributed by atoms with Crippen molar-refractivity contribution >= 4 is 12.1 Å². The van der Waals surface area contributed by atoms with Crippen LogP contribution in [0.3, 0.4) is 0 Å². The number of likely N-dealkylation sites (tertiary alicyclic amines) is 1. The molecule has 3 heterocycles. The first-order valence-electron chi connectivity index (χ1n) is 7.01. The van der Waals surface area contributed by atoms with Crippen LogP contribution in [0.25, 0.3) is 0 Å². The predicted octanol–water partition coefficient (Wildman–Crippen LogP) is 0.465. The topological polar surface area (TPSA) is 87.7 Å². The van der Waals surface area contributed by atoms with Crippen molar-refractivity contribution in [3.8, 4) is 5.88 Å². The highest BCUT2D eigenvalue weighted by Crippen LogP contribution is 2.18. The summed E-state index contributed by atoms with van der Waals surface area (Å²) in [5, 5.41) is 2.63. The summed E-state index contributed by atoms with van der Waals surface area (Å²) in [6, 6.07) is 1.19. The number of amides is 4. The van der Waals surface area contributed by atoms with E-state index in [1.165, 1.54) is 11.2 Å². The van der Waals surface area contributed by atoms with E-state index in [0.29, 0.717) is 32.1 Å². The van der Waals surface area contributed by atoms with Gasteiger partial charge in [0.25, 0.3) is 0 Å². The van der Waals surface area contributed by atoms with Crippen LogP contribution in [0.15, 0.2) is 18.6 Å². The molecule has 2 fully saturated rings. The Balaban J connectivity index is 1.51. The van der Waals surface area contributed by atoms with Crippen LogP contribution in [0, 0.1) is 0 Å². The number of nitrogens with one attached hydrogen (secondary N) is 1. The molecule has 8 nitrogen and oxygen atoms in total. The molecule has 3 rings (SSSR count). The maximum Gasteiger partial charge on any atom is 0.328 e. The van der Waals surface area contributed by atoms with Gasteiger partial charge in [-0.1, -0.05) is 0 Å². The third-order valence-electron chi connectivity index (χ3n) is 3.64. The highest BCUT2D eigenvalue weighted by Gasteiger charge is 2.32. The first-order valence-corrected chi connectivity index (χ1v) is 7.01. The van der Waals surface area contributed by atoms with Crippen LogP contribution in [-0.4, -0.2) is 64.1 Å².